The lowest BCUT2D eigenvalue weighted by Crippen LogP contribution is -2.39. The van der Waals surface area contributed by atoms with E-state index in [1.165, 1.54) is 6.07 Å². The van der Waals surface area contributed by atoms with Crippen molar-refractivity contribution in [1.29, 1.82) is 0 Å². The highest BCUT2D eigenvalue weighted by atomic mass is 35.5. The summed E-state index contributed by atoms with van der Waals surface area (Å²) in [7, 11) is 0. The Hall–Kier alpha value is -1.66. The van der Waals surface area contributed by atoms with E-state index in [9.17, 15) is 14.0 Å². The summed E-state index contributed by atoms with van der Waals surface area (Å²) in [6.07, 6.45) is 0. The highest BCUT2D eigenvalue weighted by Crippen LogP contribution is 2.26. The molecule has 0 bridgehead atoms. The van der Waals surface area contributed by atoms with Gasteiger partial charge in [0, 0.05) is 29.7 Å². The van der Waals surface area contributed by atoms with Crippen LogP contribution in [0.15, 0.2) is 18.2 Å². The van der Waals surface area contributed by atoms with Crippen molar-refractivity contribution >= 4 is 23.5 Å². The third-order valence-electron chi connectivity index (χ3n) is 3.60. The molecule has 1 fully saturated rings. The topological polar surface area (TPSA) is 61.4 Å². The van der Waals surface area contributed by atoms with Crippen molar-refractivity contribution in [2.45, 2.75) is 19.9 Å². The minimum Gasteiger partial charge on any atom is -0.329 e. The van der Waals surface area contributed by atoms with E-state index in [0.29, 0.717) is 17.1 Å². The van der Waals surface area contributed by atoms with Crippen LogP contribution in [0.3, 0.4) is 0 Å². The molecule has 1 aromatic rings. The van der Waals surface area contributed by atoms with Gasteiger partial charge in [0.25, 0.3) is 0 Å². The standard InChI is InChI=1S/C15H19ClFN3O2/c1-9(2)14(11-4-3-10(16)7-12(11)17)18-5-6-20-13(21)8-19-15(20)22/h3-4,7,9,14,18H,5-6,8H2,1-2H3,(H,19,22). The van der Waals surface area contributed by atoms with E-state index >= 15 is 0 Å². The Kier molecular flexibility index (Phi) is 5.37. The number of imide groups is 1. The van der Waals surface area contributed by atoms with Crippen LogP contribution < -0.4 is 10.6 Å². The lowest BCUT2D eigenvalue weighted by atomic mass is 9.95. The number of nitrogens with zero attached hydrogens (tertiary/aromatic N) is 1. The molecule has 0 saturated carbocycles. The molecule has 5 nitrogen and oxygen atoms in total. The summed E-state index contributed by atoms with van der Waals surface area (Å²) >= 11 is 5.77. The van der Waals surface area contributed by atoms with Crippen LogP contribution in [0.4, 0.5) is 9.18 Å². The van der Waals surface area contributed by atoms with Gasteiger partial charge < -0.3 is 10.6 Å². The molecule has 0 radical (unpaired) electrons. The van der Waals surface area contributed by atoms with Crippen molar-refractivity contribution in [1.82, 2.24) is 15.5 Å². The summed E-state index contributed by atoms with van der Waals surface area (Å²) < 4.78 is 14.1. The zero-order valence-electron chi connectivity index (χ0n) is 12.5. The average molecular weight is 328 g/mol. The second kappa shape index (κ2) is 7.07. The Morgan fingerprint density at radius 1 is 1.41 bits per heavy atom. The molecule has 2 rings (SSSR count). The van der Waals surface area contributed by atoms with Gasteiger partial charge in [0.15, 0.2) is 0 Å². The Labute approximate surface area is 133 Å². The van der Waals surface area contributed by atoms with Gasteiger partial charge in [-0.05, 0) is 18.1 Å². The predicted molar refractivity (Wildman–Crippen MR) is 82.1 cm³/mol. The van der Waals surface area contributed by atoms with Gasteiger partial charge in [0.1, 0.15) is 5.82 Å². The van der Waals surface area contributed by atoms with Crippen molar-refractivity contribution in [3.8, 4) is 0 Å². The summed E-state index contributed by atoms with van der Waals surface area (Å²) in [5.74, 6) is -0.474. The van der Waals surface area contributed by atoms with Crippen LogP contribution in [-0.2, 0) is 4.79 Å². The van der Waals surface area contributed by atoms with E-state index < -0.39 is 0 Å². The molecule has 1 atom stereocenters. The van der Waals surface area contributed by atoms with Crippen molar-refractivity contribution < 1.29 is 14.0 Å². The summed E-state index contributed by atoms with van der Waals surface area (Å²) in [6, 6.07) is 3.98. The molecule has 0 aromatic heterocycles. The molecule has 0 spiro atoms. The fraction of sp³-hybridized carbons (Fsp3) is 0.467. The van der Waals surface area contributed by atoms with Crippen LogP contribution in [0.25, 0.3) is 0 Å². The monoisotopic (exact) mass is 327 g/mol. The van der Waals surface area contributed by atoms with Crippen LogP contribution in [0.5, 0.6) is 0 Å². The molecular weight excluding hydrogens is 309 g/mol. The fourth-order valence-electron chi connectivity index (χ4n) is 2.47. The summed E-state index contributed by atoms with van der Waals surface area (Å²) in [5.41, 5.74) is 0.525. The minimum atomic E-state index is -0.384. The van der Waals surface area contributed by atoms with Crippen LogP contribution in [0, 0.1) is 11.7 Å². The molecule has 22 heavy (non-hydrogen) atoms. The van der Waals surface area contributed by atoms with Gasteiger partial charge in [-0.3, -0.25) is 9.69 Å². The first-order valence-electron chi connectivity index (χ1n) is 7.16. The molecule has 1 saturated heterocycles. The highest BCUT2D eigenvalue weighted by Gasteiger charge is 2.28. The SMILES string of the molecule is CC(C)C(NCCN1C(=O)CNC1=O)c1ccc(Cl)cc1F. The van der Waals surface area contributed by atoms with E-state index in [4.69, 9.17) is 11.6 Å². The minimum absolute atomic E-state index is 0.0399. The Morgan fingerprint density at radius 2 is 2.14 bits per heavy atom. The molecule has 7 heteroatoms. The number of hydrogen-bond acceptors (Lipinski definition) is 3. The quantitative estimate of drug-likeness (QED) is 0.788. The summed E-state index contributed by atoms with van der Waals surface area (Å²) in [4.78, 5) is 24.1. The van der Waals surface area contributed by atoms with Crippen LogP contribution in [-0.4, -0.2) is 36.5 Å². The maximum absolute atomic E-state index is 14.1. The molecule has 1 unspecified atom stereocenters. The van der Waals surface area contributed by atoms with Gasteiger partial charge in [-0.1, -0.05) is 31.5 Å². The molecule has 1 aromatic carbocycles. The maximum atomic E-state index is 14.1. The lowest BCUT2D eigenvalue weighted by molar-refractivity contribution is -0.124. The number of hydrogen-bond donors (Lipinski definition) is 2. The van der Waals surface area contributed by atoms with Crippen LogP contribution >= 0.6 is 11.6 Å². The third kappa shape index (κ3) is 3.75. The van der Waals surface area contributed by atoms with Gasteiger partial charge in [0.05, 0.1) is 6.54 Å². The van der Waals surface area contributed by atoms with E-state index in [-0.39, 0.29) is 42.8 Å². The zero-order valence-corrected chi connectivity index (χ0v) is 13.3. The Bertz CT molecular complexity index is 564. The van der Waals surface area contributed by atoms with Crippen LogP contribution in [0.2, 0.25) is 5.02 Å². The average Bonchev–Trinajstić information content (AvgIpc) is 2.76. The molecule has 120 valence electrons. The Morgan fingerprint density at radius 3 is 2.68 bits per heavy atom. The molecule has 1 aliphatic heterocycles. The van der Waals surface area contributed by atoms with Crippen molar-refractivity contribution in [3.63, 3.8) is 0 Å². The molecule has 1 aliphatic rings. The van der Waals surface area contributed by atoms with Gasteiger partial charge in [0.2, 0.25) is 5.91 Å². The Balaban J connectivity index is 2.00. The molecular formula is C15H19ClFN3O2. The number of benzene rings is 1. The number of nitrogens with one attached hydrogen (secondary N) is 2. The number of carbonyl (C=O) groups is 2. The zero-order chi connectivity index (χ0) is 16.3. The van der Waals surface area contributed by atoms with Crippen LogP contribution in [0.1, 0.15) is 25.5 Å². The van der Waals surface area contributed by atoms with Crippen molar-refractivity contribution in [3.05, 3.63) is 34.6 Å². The van der Waals surface area contributed by atoms with Crippen molar-refractivity contribution in [2.24, 2.45) is 5.92 Å². The van der Waals surface area contributed by atoms with E-state index in [0.717, 1.165) is 4.90 Å². The first-order chi connectivity index (χ1) is 10.4. The predicted octanol–water partition coefficient (Wildman–Crippen LogP) is 2.32. The molecule has 2 N–H and O–H groups in total. The summed E-state index contributed by atoms with van der Waals surface area (Å²) in [5, 5.41) is 6.02. The second-order valence-electron chi connectivity index (χ2n) is 5.55. The first-order valence-corrected chi connectivity index (χ1v) is 7.54. The number of urea groups is 1. The van der Waals surface area contributed by atoms with Crippen molar-refractivity contribution in [2.75, 3.05) is 19.6 Å². The number of carbonyl (C=O) groups excluding carboxylic acids is 2. The normalized spacial score (nSPS) is 16.3. The molecule has 0 aliphatic carbocycles. The highest BCUT2D eigenvalue weighted by molar-refractivity contribution is 6.30. The van der Waals surface area contributed by atoms with E-state index in [1.54, 1.807) is 12.1 Å². The largest absolute Gasteiger partial charge is 0.329 e. The van der Waals surface area contributed by atoms with E-state index in [2.05, 4.69) is 10.6 Å². The van der Waals surface area contributed by atoms with Gasteiger partial charge in [-0.25, -0.2) is 9.18 Å². The van der Waals surface area contributed by atoms with Gasteiger partial charge in [-0.15, -0.1) is 0 Å². The third-order valence-corrected chi connectivity index (χ3v) is 3.84. The lowest BCUT2D eigenvalue weighted by Gasteiger charge is -2.24. The number of rotatable bonds is 6. The summed E-state index contributed by atoms with van der Waals surface area (Å²) in [6.45, 7) is 4.63. The number of halogens is 2. The fourth-order valence-corrected chi connectivity index (χ4v) is 2.63. The number of amides is 3. The molecule has 1 heterocycles. The first kappa shape index (κ1) is 16.7. The smallest absolute Gasteiger partial charge is 0.324 e. The van der Waals surface area contributed by atoms with E-state index in [1.807, 2.05) is 13.8 Å². The second-order valence-corrected chi connectivity index (χ2v) is 5.98. The molecule has 3 amide bonds. The maximum Gasteiger partial charge on any atom is 0.324 e. The van der Waals surface area contributed by atoms with Gasteiger partial charge >= 0.3 is 6.03 Å². The van der Waals surface area contributed by atoms with Gasteiger partial charge in [-0.2, -0.15) is 0 Å².